The average Bonchev–Trinajstić information content (AvgIpc) is 2.78. The van der Waals surface area contributed by atoms with Gasteiger partial charge >= 0.3 is 0 Å². The molecule has 0 atom stereocenters. The molecule has 0 unspecified atom stereocenters. The summed E-state index contributed by atoms with van der Waals surface area (Å²) in [6, 6.07) is 11.6. The maximum absolute atomic E-state index is 13.2. The molecule has 0 spiro atoms. The molecule has 6 heteroatoms. The van der Waals surface area contributed by atoms with Gasteiger partial charge in [-0.05, 0) is 50.7 Å². The quantitative estimate of drug-likeness (QED) is 0.478. The van der Waals surface area contributed by atoms with E-state index in [0.29, 0.717) is 22.5 Å². The van der Waals surface area contributed by atoms with Crippen LogP contribution in [0.5, 0.6) is 0 Å². The van der Waals surface area contributed by atoms with Gasteiger partial charge in [0.2, 0.25) is 0 Å². The van der Waals surface area contributed by atoms with Crippen LogP contribution in [0.3, 0.4) is 0 Å². The van der Waals surface area contributed by atoms with Crippen molar-refractivity contribution in [2.45, 2.75) is 13.8 Å². The standard InChI is InChI=1S/C24H24N4O2/c1-15-16(2)23(29)21(24-22(15)26-18-6-4-5-7-19(18)30-24)17-8-9-20(25-14-17)28-12-10-27(3)11-13-28/h4-9,14H,10-13H2,1-3H3. The zero-order valence-corrected chi connectivity index (χ0v) is 17.5. The summed E-state index contributed by atoms with van der Waals surface area (Å²) in [5, 5.41) is 0. The van der Waals surface area contributed by atoms with Crippen LogP contribution in [0.4, 0.5) is 5.82 Å². The predicted octanol–water partition coefficient (Wildman–Crippen LogP) is 3.72. The minimum Gasteiger partial charge on any atom is -0.452 e. The van der Waals surface area contributed by atoms with Gasteiger partial charge in [-0.15, -0.1) is 0 Å². The molecule has 3 aliphatic rings. The predicted molar refractivity (Wildman–Crippen MR) is 119 cm³/mol. The highest BCUT2D eigenvalue weighted by atomic mass is 16.3. The summed E-state index contributed by atoms with van der Waals surface area (Å²) >= 11 is 0. The third-order valence-corrected chi connectivity index (χ3v) is 6.10. The Morgan fingerprint density at radius 2 is 1.73 bits per heavy atom. The van der Waals surface area contributed by atoms with E-state index in [1.807, 2.05) is 50.2 Å². The lowest BCUT2D eigenvalue weighted by Crippen LogP contribution is -2.44. The zero-order chi connectivity index (χ0) is 20.8. The Kier molecular flexibility index (Phi) is 4.51. The summed E-state index contributed by atoms with van der Waals surface area (Å²) in [6.45, 7) is 7.72. The van der Waals surface area contributed by atoms with Gasteiger partial charge in [-0.1, -0.05) is 12.1 Å². The maximum atomic E-state index is 13.2. The van der Waals surface area contributed by atoms with Crippen LogP contribution < -0.4 is 10.3 Å². The van der Waals surface area contributed by atoms with Crippen molar-refractivity contribution >= 4 is 16.9 Å². The number of para-hydroxylation sites is 2. The lowest BCUT2D eigenvalue weighted by Gasteiger charge is -2.33. The van der Waals surface area contributed by atoms with Gasteiger partial charge in [0.25, 0.3) is 0 Å². The van der Waals surface area contributed by atoms with E-state index in [9.17, 15) is 4.79 Å². The summed E-state index contributed by atoms with van der Waals surface area (Å²) in [5.74, 6) is 1.46. The smallest absolute Gasteiger partial charge is 0.193 e. The maximum Gasteiger partial charge on any atom is 0.193 e. The Morgan fingerprint density at radius 1 is 0.967 bits per heavy atom. The van der Waals surface area contributed by atoms with Gasteiger partial charge in [0.1, 0.15) is 17.0 Å². The number of aromatic nitrogens is 2. The van der Waals surface area contributed by atoms with E-state index < -0.39 is 0 Å². The van der Waals surface area contributed by atoms with E-state index in [0.717, 1.165) is 54.3 Å². The second-order valence-electron chi connectivity index (χ2n) is 8.01. The minimum atomic E-state index is -0.0324. The molecule has 0 saturated carbocycles. The number of nitrogens with zero attached hydrogens (tertiary/aromatic N) is 4. The Labute approximate surface area is 175 Å². The van der Waals surface area contributed by atoms with Crippen molar-refractivity contribution in [3.63, 3.8) is 0 Å². The third-order valence-electron chi connectivity index (χ3n) is 6.10. The molecule has 0 N–H and O–H groups in total. The van der Waals surface area contributed by atoms with Crippen LogP contribution in [-0.4, -0.2) is 48.1 Å². The Balaban J connectivity index is 1.65. The van der Waals surface area contributed by atoms with E-state index in [1.165, 1.54) is 0 Å². The molecule has 3 heterocycles. The topological polar surface area (TPSA) is 62.5 Å². The van der Waals surface area contributed by atoms with Crippen LogP contribution in [0.1, 0.15) is 11.1 Å². The largest absolute Gasteiger partial charge is 0.452 e. The van der Waals surface area contributed by atoms with Crippen molar-refractivity contribution in [3.8, 4) is 22.6 Å². The monoisotopic (exact) mass is 400 g/mol. The Hall–Kier alpha value is -3.25. The molecule has 0 amide bonds. The number of fused-ring (bicyclic) bond motifs is 2. The van der Waals surface area contributed by atoms with Gasteiger partial charge in [0, 0.05) is 43.5 Å². The molecule has 152 valence electrons. The second-order valence-corrected chi connectivity index (χ2v) is 8.01. The highest BCUT2D eigenvalue weighted by Gasteiger charge is 2.24. The number of hydrogen-bond acceptors (Lipinski definition) is 6. The SMILES string of the molecule is Cc1c2nc3ccccc3oc-2c(-c2ccc(N3CCN(C)CC3)nc2)c(=O)c1C. The van der Waals surface area contributed by atoms with Gasteiger partial charge in [-0.2, -0.15) is 0 Å². The average molecular weight is 400 g/mol. The fourth-order valence-corrected chi connectivity index (χ4v) is 4.05. The van der Waals surface area contributed by atoms with Gasteiger partial charge in [0.15, 0.2) is 16.8 Å². The summed E-state index contributed by atoms with van der Waals surface area (Å²) in [7, 11) is 2.13. The molecule has 0 bridgehead atoms. The summed E-state index contributed by atoms with van der Waals surface area (Å²) in [4.78, 5) is 27.3. The molecule has 6 nitrogen and oxygen atoms in total. The normalized spacial score (nSPS) is 15.2. The molecular weight excluding hydrogens is 376 g/mol. The summed E-state index contributed by atoms with van der Waals surface area (Å²) in [5.41, 5.74) is 4.97. The number of likely N-dealkylation sites (N-methyl/N-ethyl adjacent to an activating group) is 1. The van der Waals surface area contributed by atoms with E-state index in [1.54, 1.807) is 6.20 Å². The lowest BCUT2D eigenvalue weighted by atomic mass is 9.94. The van der Waals surface area contributed by atoms with Crippen molar-refractivity contribution in [2.75, 3.05) is 38.1 Å². The molecule has 30 heavy (non-hydrogen) atoms. The van der Waals surface area contributed by atoms with E-state index in [4.69, 9.17) is 9.40 Å². The first kappa shape index (κ1) is 18.8. The first-order valence-corrected chi connectivity index (χ1v) is 10.3. The number of rotatable bonds is 2. The highest BCUT2D eigenvalue weighted by molar-refractivity contribution is 5.86. The van der Waals surface area contributed by atoms with Gasteiger partial charge in [-0.3, -0.25) is 4.79 Å². The first-order chi connectivity index (χ1) is 14.5. The van der Waals surface area contributed by atoms with Crippen molar-refractivity contribution in [1.29, 1.82) is 0 Å². The van der Waals surface area contributed by atoms with Crippen LogP contribution in [0.2, 0.25) is 0 Å². The van der Waals surface area contributed by atoms with Crippen molar-refractivity contribution in [2.24, 2.45) is 0 Å². The number of benzene rings is 2. The molecule has 1 saturated heterocycles. The molecule has 1 fully saturated rings. The first-order valence-electron chi connectivity index (χ1n) is 10.3. The third kappa shape index (κ3) is 3.04. The molecule has 2 aromatic rings. The Morgan fingerprint density at radius 3 is 2.47 bits per heavy atom. The molecule has 1 aromatic heterocycles. The number of pyridine rings is 1. The number of piperazine rings is 1. The zero-order valence-electron chi connectivity index (χ0n) is 17.5. The van der Waals surface area contributed by atoms with E-state index in [-0.39, 0.29) is 5.43 Å². The minimum absolute atomic E-state index is 0.0324. The van der Waals surface area contributed by atoms with Crippen LogP contribution in [0.25, 0.3) is 33.7 Å². The fraction of sp³-hybridized carbons (Fsp3) is 0.292. The van der Waals surface area contributed by atoms with Crippen molar-refractivity contribution in [1.82, 2.24) is 14.9 Å². The molecule has 1 aromatic carbocycles. The van der Waals surface area contributed by atoms with Crippen molar-refractivity contribution in [3.05, 3.63) is 63.9 Å². The summed E-state index contributed by atoms with van der Waals surface area (Å²) < 4.78 is 6.20. The van der Waals surface area contributed by atoms with Gasteiger partial charge < -0.3 is 14.2 Å². The second kappa shape index (κ2) is 7.22. The van der Waals surface area contributed by atoms with Crippen LogP contribution in [0.15, 0.2) is 51.8 Å². The lowest BCUT2D eigenvalue weighted by molar-refractivity contribution is 0.312. The fourth-order valence-electron chi connectivity index (χ4n) is 4.05. The highest BCUT2D eigenvalue weighted by Crippen LogP contribution is 2.35. The molecule has 1 aliphatic carbocycles. The van der Waals surface area contributed by atoms with Gasteiger partial charge in [-0.25, -0.2) is 9.97 Å². The molecule has 0 radical (unpaired) electrons. The Bertz CT molecular complexity index is 1250. The van der Waals surface area contributed by atoms with Gasteiger partial charge in [0.05, 0.1) is 5.56 Å². The number of hydrogen-bond donors (Lipinski definition) is 0. The summed E-state index contributed by atoms with van der Waals surface area (Å²) in [6.07, 6.45) is 1.78. The van der Waals surface area contributed by atoms with Crippen LogP contribution in [-0.2, 0) is 0 Å². The molecule has 5 rings (SSSR count). The van der Waals surface area contributed by atoms with Crippen LogP contribution >= 0.6 is 0 Å². The molecular formula is C24H24N4O2. The van der Waals surface area contributed by atoms with Crippen LogP contribution in [0, 0.1) is 13.8 Å². The van der Waals surface area contributed by atoms with E-state index in [2.05, 4.69) is 21.8 Å². The molecule has 2 aliphatic heterocycles. The number of anilines is 1. The van der Waals surface area contributed by atoms with E-state index >= 15 is 0 Å². The van der Waals surface area contributed by atoms with Crippen molar-refractivity contribution < 1.29 is 4.42 Å².